The maximum absolute atomic E-state index is 12.1. The molecule has 2 aromatic carbocycles. The molecule has 0 aliphatic heterocycles. The van der Waals surface area contributed by atoms with E-state index in [4.69, 9.17) is 22.6 Å². The highest BCUT2D eigenvalue weighted by atomic mass is 35.5. The van der Waals surface area contributed by atoms with Gasteiger partial charge < -0.3 is 11.1 Å². The Balaban J connectivity index is 2.08. The van der Waals surface area contributed by atoms with Crippen molar-refractivity contribution in [1.82, 2.24) is 0 Å². The number of amides is 1. The molecular formula is C16H14ClN3O. The van der Waals surface area contributed by atoms with Crippen LogP contribution in [0.5, 0.6) is 0 Å². The molecule has 0 fully saturated rings. The number of nitriles is 1. The van der Waals surface area contributed by atoms with Crippen molar-refractivity contribution < 1.29 is 4.79 Å². The summed E-state index contributed by atoms with van der Waals surface area (Å²) in [6, 6.07) is 15.5. The molecule has 0 spiro atoms. The largest absolute Gasteiger partial charge is 0.323 e. The van der Waals surface area contributed by atoms with Crippen LogP contribution in [-0.4, -0.2) is 11.9 Å². The third-order valence-electron chi connectivity index (χ3n) is 3.00. The smallest absolute Gasteiger partial charge is 0.241 e. The van der Waals surface area contributed by atoms with Crippen LogP contribution in [0, 0.1) is 11.3 Å². The summed E-state index contributed by atoms with van der Waals surface area (Å²) in [5.41, 5.74) is 7.60. The first-order valence-electron chi connectivity index (χ1n) is 6.40. The minimum absolute atomic E-state index is 0.347. The second-order valence-corrected chi connectivity index (χ2v) is 5.02. The third-order valence-corrected chi connectivity index (χ3v) is 3.23. The van der Waals surface area contributed by atoms with Crippen molar-refractivity contribution in [2.24, 2.45) is 5.73 Å². The molecule has 4 nitrogen and oxygen atoms in total. The lowest BCUT2D eigenvalue weighted by atomic mass is 10.1. The number of nitrogens with two attached hydrogens (primary N) is 1. The lowest BCUT2D eigenvalue weighted by Gasteiger charge is -2.13. The normalized spacial score (nSPS) is 11.5. The second-order valence-electron chi connectivity index (χ2n) is 4.59. The van der Waals surface area contributed by atoms with Crippen LogP contribution < -0.4 is 11.1 Å². The van der Waals surface area contributed by atoms with Crippen molar-refractivity contribution in [3.8, 4) is 6.07 Å². The zero-order chi connectivity index (χ0) is 15.2. The molecule has 0 radical (unpaired) electrons. The van der Waals surface area contributed by atoms with Gasteiger partial charge in [-0.25, -0.2) is 0 Å². The lowest BCUT2D eigenvalue weighted by Crippen LogP contribution is -2.37. The molecule has 0 aromatic heterocycles. The number of carbonyl (C=O) groups is 1. The molecule has 1 unspecified atom stereocenters. The number of nitrogens with zero attached hydrogens (tertiary/aromatic N) is 1. The summed E-state index contributed by atoms with van der Waals surface area (Å²) in [5, 5.41) is 12.1. The Hall–Kier alpha value is -2.35. The molecule has 0 bridgehead atoms. The van der Waals surface area contributed by atoms with E-state index in [0.29, 0.717) is 22.7 Å². The van der Waals surface area contributed by atoms with Crippen LogP contribution in [0.25, 0.3) is 0 Å². The van der Waals surface area contributed by atoms with Crippen LogP contribution in [0.3, 0.4) is 0 Å². The molecule has 0 saturated carbocycles. The standard InChI is InChI=1S/C16H14ClN3O/c17-13-7-6-12(10-18)15(9-13)20-16(21)14(19)8-11-4-2-1-3-5-11/h1-7,9,14H,8,19H2,(H,20,21). The summed E-state index contributed by atoms with van der Waals surface area (Å²) in [7, 11) is 0. The quantitative estimate of drug-likeness (QED) is 0.911. The van der Waals surface area contributed by atoms with Crippen molar-refractivity contribution in [3.63, 3.8) is 0 Å². The van der Waals surface area contributed by atoms with Crippen molar-refractivity contribution in [2.75, 3.05) is 5.32 Å². The zero-order valence-corrected chi connectivity index (χ0v) is 12.0. The van der Waals surface area contributed by atoms with Crippen LogP contribution in [0.1, 0.15) is 11.1 Å². The monoisotopic (exact) mass is 299 g/mol. The summed E-state index contributed by atoms with van der Waals surface area (Å²) in [4.78, 5) is 12.1. The number of nitrogens with one attached hydrogen (secondary N) is 1. The molecule has 106 valence electrons. The van der Waals surface area contributed by atoms with Crippen molar-refractivity contribution >= 4 is 23.2 Å². The third kappa shape index (κ3) is 4.06. The number of anilines is 1. The topological polar surface area (TPSA) is 78.9 Å². The highest BCUT2D eigenvalue weighted by Gasteiger charge is 2.16. The lowest BCUT2D eigenvalue weighted by molar-refractivity contribution is -0.117. The highest BCUT2D eigenvalue weighted by molar-refractivity contribution is 6.31. The fourth-order valence-corrected chi connectivity index (χ4v) is 2.08. The van der Waals surface area contributed by atoms with Gasteiger partial charge in [0.1, 0.15) is 6.07 Å². The van der Waals surface area contributed by atoms with Gasteiger partial charge in [-0.05, 0) is 30.2 Å². The first-order valence-corrected chi connectivity index (χ1v) is 6.78. The highest BCUT2D eigenvalue weighted by Crippen LogP contribution is 2.20. The van der Waals surface area contributed by atoms with Gasteiger partial charge in [0, 0.05) is 5.02 Å². The first-order chi connectivity index (χ1) is 10.1. The van der Waals surface area contributed by atoms with Crippen LogP contribution in [-0.2, 0) is 11.2 Å². The van der Waals surface area contributed by atoms with Gasteiger partial charge in [-0.2, -0.15) is 5.26 Å². The average Bonchev–Trinajstić information content (AvgIpc) is 2.48. The van der Waals surface area contributed by atoms with Crippen LogP contribution >= 0.6 is 11.6 Å². The van der Waals surface area contributed by atoms with E-state index in [1.165, 1.54) is 6.07 Å². The van der Waals surface area contributed by atoms with E-state index in [9.17, 15) is 4.79 Å². The Kier molecular flexibility index (Phi) is 4.94. The van der Waals surface area contributed by atoms with Crippen molar-refractivity contribution in [1.29, 1.82) is 5.26 Å². The van der Waals surface area contributed by atoms with Crippen molar-refractivity contribution in [3.05, 3.63) is 64.7 Å². The zero-order valence-electron chi connectivity index (χ0n) is 11.2. The van der Waals surface area contributed by atoms with Gasteiger partial charge in [0.25, 0.3) is 0 Å². The summed E-state index contributed by atoms with van der Waals surface area (Å²) in [5.74, 6) is -0.349. The predicted molar refractivity (Wildman–Crippen MR) is 82.9 cm³/mol. The summed E-state index contributed by atoms with van der Waals surface area (Å²) in [6.45, 7) is 0. The number of rotatable bonds is 4. The van der Waals surface area contributed by atoms with Gasteiger partial charge in [0.2, 0.25) is 5.91 Å². The van der Waals surface area contributed by atoms with Gasteiger partial charge >= 0.3 is 0 Å². The van der Waals surface area contributed by atoms with Gasteiger partial charge in [-0.3, -0.25) is 4.79 Å². The predicted octanol–water partition coefficient (Wildman–Crippen LogP) is 2.72. The molecule has 0 saturated heterocycles. The molecule has 0 aliphatic carbocycles. The molecule has 5 heteroatoms. The number of halogens is 1. The molecular weight excluding hydrogens is 286 g/mol. The van der Waals surface area contributed by atoms with E-state index in [-0.39, 0.29) is 5.91 Å². The number of hydrogen-bond acceptors (Lipinski definition) is 3. The van der Waals surface area contributed by atoms with E-state index >= 15 is 0 Å². The van der Waals surface area contributed by atoms with Gasteiger partial charge in [-0.15, -0.1) is 0 Å². The molecule has 2 aromatic rings. The van der Waals surface area contributed by atoms with Crippen LogP contribution in [0.2, 0.25) is 5.02 Å². The number of benzene rings is 2. The molecule has 0 heterocycles. The first kappa shape index (κ1) is 15.0. The molecule has 2 rings (SSSR count). The Morgan fingerprint density at radius 3 is 2.67 bits per heavy atom. The summed E-state index contributed by atoms with van der Waals surface area (Å²) in [6.07, 6.45) is 0.426. The minimum Gasteiger partial charge on any atom is -0.323 e. The Morgan fingerprint density at radius 2 is 2.00 bits per heavy atom. The number of hydrogen-bond donors (Lipinski definition) is 2. The van der Waals surface area contributed by atoms with Gasteiger partial charge in [-0.1, -0.05) is 41.9 Å². The minimum atomic E-state index is -0.696. The second kappa shape index (κ2) is 6.89. The fraction of sp³-hybridized carbons (Fsp3) is 0.125. The van der Waals surface area contributed by atoms with Crippen molar-refractivity contribution in [2.45, 2.75) is 12.5 Å². The van der Waals surface area contributed by atoms with E-state index in [0.717, 1.165) is 5.56 Å². The van der Waals surface area contributed by atoms with E-state index in [1.807, 2.05) is 36.4 Å². The number of carbonyl (C=O) groups excluding carboxylic acids is 1. The Bertz CT molecular complexity index is 680. The van der Waals surface area contributed by atoms with E-state index < -0.39 is 6.04 Å². The Morgan fingerprint density at radius 1 is 1.29 bits per heavy atom. The summed E-state index contributed by atoms with van der Waals surface area (Å²) < 4.78 is 0. The Labute approximate surface area is 128 Å². The SMILES string of the molecule is N#Cc1ccc(Cl)cc1NC(=O)C(N)Cc1ccccc1. The molecule has 3 N–H and O–H groups in total. The molecule has 1 amide bonds. The maximum atomic E-state index is 12.1. The molecule has 0 aliphatic rings. The average molecular weight is 300 g/mol. The molecule has 1 atom stereocenters. The van der Waals surface area contributed by atoms with E-state index in [1.54, 1.807) is 12.1 Å². The van der Waals surface area contributed by atoms with Gasteiger partial charge in [0.15, 0.2) is 0 Å². The maximum Gasteiger partial charge on any atom is 0.241 e. The molecule has 21 heavy (non-hydrogen) atoms. The summed E-state index contributed by atoms with van der Waals surface area (Å²) >= 11 is 5.87. The van der Waals surface area contributed by atoms with Crippen LogP contribution in [0.4, 0.5) is 5.69 Å². The fourth-order valence-electron chi connectivity index (χ4n) is 1.90. The van der Waals surface area contributed by atoms with E-state index in [2.05, 4.69) is 5.32 Å². The van der Waals surface area contributed by atoms with Gasteiger partial charge in [0.05, 0.1) is 17.3 Å². The van der Waals surface area contributed by atoms with Crippen LogP contribution in [0.15, 0.2) is 48.5 Å².